The molecule has 1 aliphatic rings. The monoisotopic (exact) mass is 209 g/mol. The van der Waals surface area contributed by atoms with Crippen molar-refractivity contribution in [2.75, 3.05) is 13.1 Å². The first-order chi connectivity index (χ1) is 7.16. The quantitative estimate of drug-likeness (QED) is 0.734. The first kappa shape index (κ1) is 10.2. The van der Waals surface area contributed by atoms with Crippen molar-refractivity contribution in [3.8, 4) is 0 Å². The van der Waals surface area contributed by atoms with E-state index in [9.17, 15) is 9.90 Å². The van der Waals surface area contributed by atoms with Crippen molar-refractivity contribution in [3.63, 3.8) is 0 Å². The first-order valence-electron chi connectivity index (χ1n) is 5.09. The van der Waals surface area contributed by atoms with Gasteiger partial charge in [-0.2, -0.15) is 5.10 Å². The number of likely N-dealkylation sites (tertiary alicyclic amines) is 1. The number of carbonyl (C=O) groups is 1. The van der Waals surface area contributed by atoms with Crippen LogP contribution >= 0.6 is 0 Å². The van der Waals surface area contributed by atoms with Crippen molar-refractivity contribution in [2.24, 2.45) is 7.05 Å². The van der Waals surface area contributed by atoms with E-state index in [1.54, 1.807) is 15.8 Å². The molecule has 1 aliphatic heterocycles. The topological polar surface area (TPSA) is 58.4 Å². The van der Waals surface area contributed by atoms with Gasteiger partial charge in [-0.05, 0) is 6.07 Å². The largest absolute Gasteiger partial charge is 0.391 e. The third kappa shape index (κ3) is 2.18. The molecule has 5 nitrogen and oxygen atoms in total. The highest BCUT2D eigenvalue weighted by atomic mass is 16.3. The van der Waals surface area contributed by atoms with Crippen molar-refractivity contribution in [1.82, 2.24) is 14.7 Å². The van der Waals surface area contributed by atoms with E-state index < -0.39 is 6.10 Å². The summed E-state index contributed by atoms with van der Waals surface area (Å²) in [5.74, 6) is 0.0460. The van der Waals surface area contributed by atoms with Gasteiger partial charge in [0.25, 0.3) is 0 Å². The van der Waals surface area contributed by atoms with Crippen molar-refractivity contribution in [3.05, 3.63) is 18.0 Å². The maximum Gasteiger partial charge on any atom is 0.225 e. The molecular weight excluding hydrogens is 194 g/mol. The minimum atomic E-state index is -0.482. The molecule has 1 amide bonds. The Morgan fingerprint density at radius 2 is 2.47 bits per heavy atom. The average molecular weight is 209 g/mol. The first-order valence-corrected chi connectivity index (χ1v) is 5.09. The number of hydrogen-bond donors (Lipinski definition) is 1. The lowest BCUT2D eigenvalue weighted by atomic mass is 10.3. The van der Waals surface area contributed by atoms with E-state index in [-0.39, 0.29) is 12.3 Å². The van der Waals surface area contributed by atoms with Crippen LogP contribution in [0, 0.1) is 0 Å². The summed E-state index contributed by atoms with van der Waals surface area (Å²) in [5, 5.41) is 13.4. The van der Waals surface area contributed by atoms with Crippen LogP contribution in [0.4, 0.5) is 0 Å². The molecule has 1 N–H and O–H groups in total. The maximum absolute atomic E-state index is 11.4. The molecule has 0 aliphatic carbocycles. The normalized spacial score (nSPS) is 21.3. The number of β-amino-alcohol motifs (C(OH)–C–C–N with tert-alkyl or cyclic N) is 1. The molecule has 1 aromatic heterocycles. The number of aliphatic hydroxyl groups excluding tert-OH is 1. The van der Waals surface area contributed by atoms with E-state index in [4.69, 9.17) is 0 Å². The van der Waals surface area contributed by atoms with E-state index in [2.05, 4.69) is 5.10 Å². The summed E-state index contributed by atoms with van der Waals surface area (Å²) in [6.45, 7) is 1.13. The summed E-state index contributed by atoms with van der Waals surface area (Å²) < 4.78 is 1.80. The molecule has 0 radical (unpaired) electrons. The van der Waals surface area contributed by atoms with Gasteiger partial charge < -0.3 is 10.0 Å². The number of aliphatic hydroxyl groups is 1. The van der Waals surface area contributed by atoms with Crippen LogP contribution in [0.3, 0.4) is 0 Å². The van der Waals surface area contributed by atoms with Gasteiger partial charge in [-0.3, -0.25) is 9.48 Å². The average Bonchev–Trinajstić information content (AvgIpc) is 2.70. The lowest BCUT2D eigenvalue weighted by Gasteiger charge is -2.15. The summed E-state index contributed by atoms with van der Waals surface area (Å²) in [5.41, 5.74) is 1.10. The second-order valence-corrected chi connectivity index (χ2v) is 3.89. The highest BCUT2D eigenvalue weighted by Crippen LogP contribution is 2.11. The van der Waals surface area contributed by atoms with Gasteiger partial charge in [-0.1, -0.05) is 0 Å². The number of carbonyl (C=O) groups excluding carboxylic acids is 1. The Balaban J connectivity index is 1.89. The Kier molecular flexibility index (Phi) is 2.73. The molecule has 1 aromatic rings. The molecule has 1 saturated heterocycles. The molecule has 1 unspecified atom stereocenters. The van der Waals surface area contributed by atoms with Gasteiger partial charge in [0.15, 0.2) is 0 Å². The fourth-order valence-corrected chi connectivity index (χ4v) is 1.86. The predicted molar refractivity (Wildman–Crippen MR) is 54.1 cm³/mol. The molecule has 0 saturated carbocycles. The maximum atomic E-state index is 11.4. The smallest absolute Gasteiger partial charge is 0.225 e. The third-order valence-electron chi connectivity index (χ3n) is 2.75. The molecule has 2 rings (SSSR count). The van der Waals surface area contributed by atoms with E-state index in [1.807, 2.05) is 13.1 Å². The molecule has 2 heterocycles. The van der Waals surface area contributed by atoms with E-state index >= 15 is 0 Å². The number of aromatic nitrogens is 2. The van der Waals surface area contributed by atoms with Crippen LogP contribution in [0.1, 0.15) is 12.1 Å². The molecule has 1 fully saturated rings. The van der Waals surface area contributed by atoms with Gasteiger partial charge in [-0.25, -0.2) is 0 Å². The van der Waals surface area contributed by atoms with Gasteiger partial charge in [0.05, 0.1) is 12.5 Å². The molecule has 0 spiro atoms. The summed E-state index contributed by atoms with van der Waals surface area (Å²) in [6, 6.07) is 1.94. The van der Waals surface area contributed by atoms with E-state index in [0.29, 0.717) is 13.1 Å². The van der Waals surface area contributed by atoms with Crippen LogP contribution < -0.4 is 0 Å². The highest BCUT2D eigenvalue weighted by Gasteiger charge is 2.27. The number of nitrogens with zero attached hydrogens (tertiary/aromatic N) is 3. The lowest BCUT2D eigenvalue weighted by Crippen LogP contribution is -2.28. The molecule has 1 atom stereocenters. The van der Waals surface area contributed by atoms with Crippen LogP contribution in [-0.4, -0.2) is 44.9 Å². The van der Waals surface area contributed by atoms with Crippen molar-refractivity contribution >= 4 is 5.91 Å². The predicted octanol–water partition coefficient (Wildman–Crippen LogP) is -0.444. The SMILES string of the molecule is Cn1nccc1CCN1CC(O)CC1=O. The van der Waals surface area contributed by atoms with E-state index in [1.165, 1.54) is 0 Å². The summed E-state index contributed by atoms with van der Waals surface area (Å²) in [7, 11) is 1.88. The summed E-state index contributed by atoms with van der Waals surface area (Å²) >= 11 is 0. The van der Waals surface area contributed by atoms with Crippen LogP contribution in [0.5, 0.6) is 0 Å². The number of hydrogen-bond acceptors (Lipinski definition) is 3. The number of rotatable bonds is 3. The Morgan fingerprint density at radius 1 is 1.67 bits per heavy atom. The van der Waals surface area contributed by atoms with Crippen LogP contribution in [0.15, 0.2) is 12.3 Å². The van der Waals surface area contributed by atoms with Crippen molar-refractivity contribution in [2.45, 2.75) is 18.9 Å². The summed E-state index contributed by atoms with van der Waals surface area (Å²) in [4.78, 5) is 13.1. The van der Waals surface area contributed by atoms with Crippen LogP contribution in [-0.2, 0) is 18.3 Å². The van der Waals surface area contributed by atoms with Gasteiger partial charge in [0.1, 0.15) is 0 Å². The molecule has 15 heavy (non-hydrogen) atoms. The van der Waals surface area contributed by atoms with E-state index in [0.717, 1.165) is 12.1 Å². The van der Waals surface area contributed by atoms with Crippen molar-refractivity contribution < 1.29 is 9.90 Å². The molecule has 0 aromatic carbocycles. The van der Waals surface area contributed by atoms with Crippen LogP contribution in [0.2, 0.25) is 0 Å². The Labute approximate surface area is 88.3 Å². The van der Waals surface area contributed by atoms with Crippen molar-refractivity contribution in [1.29, 1.82) is 0 Å². The third-order valence-corrected chi connectivity index (χ3v) is 2.75. The Hall–Kier alpha value is -1.36. The van der Waals surface area contributed by atoms with Gasteiger partial charge in [0, 0.05) is 38.4 Å². The minimum absolute atomic E-state index is 0.0460. The zero-order valence-electron chi connectivity index (χ0n) is 8.76. The fourth-order valence-electron chi connectivity index (χ4n) is 1.86. The van der Waals surface area contributed by atoms with Crippen LogP contribution in [0.25, 0.3) is 0 Å². The molecule has 5 heteroatoms. The molecule has 82 valence electrons. The zero-order chi connectivity index (χ0) is 10.8. The standard InChI is InChI=1S/C10H15N3O2/c1-12-8(2-4-11-12)3-5-13-7-9(14)6-10(13)15/h2,4,9,14H,3,5-7H2,1H3. The zero-order valence-corrected chi connectivity index (χ0v) is 8.76. The summed E-state index contributed by atoms with van der Waals surface area (Å²) in [6.07, 6.45) is 2.32. The molecular formula is C10H15N3O2. The number of amides is 1. The fraction of sp³-hybridized carbons (Fsp3) is 0.600. The highest BCUT2D eigenvalue weighted by molar-refractivity contribution is 5.78. The second kappa shape index (κ2) is 4.02. The molecule has 0 bridgehead atoms. The number of aryl methyl sites for hydroxylation is 1. The van der Waals surface area contributed by atoms with Gasteiger partial charge in [0.2, 0.25) is 5.91 Å². The lowest BCUT2D eigenvalue weighted by molar-refractivity contribution is -0.127. The van der Waals surface area contributed by atoms with Gasteiger partial charge in [-0.15, -0.1) is 0 Å². The second-order valence-electron chi connectivity index (χ2n) is 3.89. The Morgan fingerprint density at radius 3 is 3.00 bits per heavy atom. The van der Waals surface area contributed by atoms with Gasteiger partial charge >= 0.3 is 0 Å². The minimum Gasteiger partial charge on any atom is -0.391 e. The Bertz CT molecular complexity index is 361.